The van der Waals surface area contributed by atoms with E-state index >= 15 is 0 Å². The van der Waals surface area contributed by atoms with Gasteiger partial charge in [0, 0.05) is 18.7 Å². The molecule has 0 saturated heterocycles. The molecule has 0 unspecified atom stereocenters. The summed E-state index contributed by atoms with van der Waals surface area (Å²) in [4.78, 5) is 14.6. The Labute approximate surface area is 112 Å². The van der Waals surface area contributed by atoms with Crippen LogP contribution in [0, 0.1) is 10.8 Å². The lowest BCUT2D eigenvalue weighted by Crippen LogP contribution is -2.30. The lowest BCUT2D eigenvalue weighted by molar-refractivity contribution is -0.126. The van der Waals surface area contributed by atoms with Gasteiger partial charge >= 0.3 is 0 Å². The van der Waals surface area contributed by atoms with Crippen LogP contribution in [0.1, 0.15) is 61.3 Å². The summed E-state index contributed by atoms with van der Waals surface area (Å²) in [5.74, 6) is 0.265. The van der Waals surface area contributed by atoms with E-state index in [1.165, 1.54) is 5.57 Å². The molecular formula is C16H29NO. The Morgan fingerprint density at radius 1 is 1.06 bits per heavy atom. The molecule has 1 aliphatic rings. The number of amides is 1. The summed E-state index contributed by atoms with van der Waals surface area (Å²) in [6.45, 7) is 17.0. The van der Waals surface area contributed by atoms with Crippen LogP contribution < -0.4 is 0 Å². The quantitative estimate of drug-likeness (QED) is 0.742. The maximum Gasteiger partial charge on any atom is 0.250 e. The summed E-state index contributed by atoms with van der Waals surface area (Å²) in [5, 5.41) is 0. The summed E-state index contributed by atoms with van der Waals surface area (Å²) < 4.78 is 0. The highest BCUT2D eigenvalue weighted by Crippen LogP contribution is 2.41. The highest BCUT2D eigenvalue weighted by Gasteiger charge is 2.40. The number of hydrogen-bond donors (Lipinski definition) is 0. The highest BCUT2D eigenvalue weighted by molar-refractivity contribution is 5.98. The summed E-state index contributed by atoms with van der Waals surface area (Å²) >= 11 is 0. The first-order valence-corrected chi connectivity index (χ1v) is 7.12. The van der Waals surface area contributed by atoms with Gasteiger partial charge in [0.1, 0.15) is 0 Å². The molecule has 0 aliphatic carbocycles. The fourth-order valence-electron chi connectivity index (χ4n) is 2.54. The molecule has 1 amide bonds. The van der Waals surface area contributed by atoms with Crippen molar-refractivity contribution < 1.29 is 4.79 Å². The van der Waals surface area contributed by atoms with Crippen molar-refractivity contribution >= 4 is 5.91 Å². The van der Waals surface area contributed by atoms with Crippen molar-refractivity contribution in [2.75, 3.05) is 13.1 Å². The molecule has 0 aromatic rings. The van der Waals surface area contributed by atoms with Crippen LogP contribution >= 0.6 is 0 Å². The van der Waals surface area contributed by atoms with E-state index in [0.29, 0.717) is 0 Å². The van der Waals surface area contributed by atoms with E-state index in [2.05, 4.69) is 48.5 Å². The smallest absolute Gasteiger partial charge is 0.250 e. The second-order valence-corrected chi connectivity index (χ2v) is 7.43. The van der Waals surface area contributed by atoms with Crippen molar-refractivity contribution in [2.24, 2.45) is 10.8 Å². The predicted molar refractivity (Wildman–Crippen MR) is 77.4 cm³/mol. The monoisotopic (exact) mass is 251 g/mol. The van der Waals surface area contributed by atoms with Crippen LogP contribution in [0.3, 0.4) is 0 Å². The molecular weight excluding hydrogens is 222 g/mol. The minimum atomic E-state index is -0.0549. The second kappa shape index (κ2) is 5.07. The van der Waals surface area contributed by atoms with Gasteiger partial charge in [-0.05, 0) is 22.8 Å². The van der Waals surface area contributed by atoms with E-state index < -0.39 is 0 Å². The molecule has 2 nitrogen and oxygen atoms in total. The van der Waals surface area contributed by atoms with Crippen LogP contribution in [0.5, 0.6) is 0 Å². The van der Waals surface area contributed by atoms with Gasteiger partial charge in [0.2, 0.25) is 0 Å². The Bertz CT molecular complexity index is 352. The first-order valence-electron chi connectivity index (χ1n) is 7.12. The largest absolute Gasteiger partial charge is 0.335 e. The predicted octanol–water partition coefficient (Wildman–Crippen LogP) is 4.02. The van der Waals surface area contributed by atoms with E-state index in [9.17, 15) is 4.79 Å². The Balaban J connectivity index is 3.07. The van der Waals surface area contributed by atoms with Gasteiger partial charge in [-0.15, -0.1) is 0 Å². The zero-order valence-electron chi connectivity index (χ0n) is 13.2. The zero-order valence-corrected chi connectivity index (χ0v) is 13.2. The molecule has 104 valence electrons. The normalized spacial score (nSPS) is 17.9. The van der Waals surface area contributed by atoms with Crippen molar-refractivity contribution in [2.45, 2.75) is 61.3 Å². The third-order valence-electron chi connectivity index (χ3n) is 3.59. The molecule has 0 N–H and O–H groups in total. The van der Waals surface area contributed by atoms with Gasteiger partial charge in [-0.2, -0.15) is 0 Å². The van der Waals surface area contributed by atoms with Crippen molar-refractivity contribution in [3.63, 3.8) is 0 Å². The SMILES string of the molecule is CCCCN1CC(C(C)(C)C)=C(C(C)(C)C)C1=O. The zero-order chi connectivity index (χ0) is 14.1. The standard InChI is InChI=1S/C16H29NO/c1-8-9-10-17-11-12(15(2,3)4)13(14(17)18)16(5,6)7/h8-11H2,1-7H3. The van der Waals surface area contributed by atoms with Crippen LogP contribution in [0.15, 0.2) is 11.1 Å². The van der Waals surface area contributed by atoms with Gasteiger partial charge in [0.25, 0.3) is 5.91 Å². The molecule has 0 radical (unpaired) electrons. The van der Waals surface area contributed by atoms with Gasteiger partial charge < -0.3 is 4.90 Å². The van der Waals surface area contributed by atoms with Crippen LogP contribution in [-0.4, -0.2) is 23.9 Å². The van der Waals surface area contributed by atoms with Crippen LogP contribution in [-0.2, 0) is 4.79 Å². The van der Waals surface area contributed by atoms with Crippen LogP contribution in [0.25, 0.3) is 0 Å². The Kier molecular flexibility index (Phi) is 4.30. The number of nitrogens with zero attached hydrogens (tertiary/aromatic N) is 1. The van der Waals surface area contributed by atoms with Crippen LogP contribution in [0.4, 0.5) is 0 Å². The molecule has 0 aromatic carbocycles. The molecule has 0 bridgehead atoms. The minimum Gasteiger partial charge on any atom is -0.335 e. The van der Waals surface area contributed by atoms with E-state index in [1.807, 2.05) is 4.90 Å². The summed E-state index contributed by atoms with van der Waals surface area (Å²) in [5.41, 5.74) is 2.40. The molecule has 0 spiro atoms. The molecule has 18 heavy (non-hydrogen) atoms. The Morgan fingerprint density at radius 3 is 1.94 bits per heavy atom. The Hall–Kier alpha value is -0.790. The lowest BCUT2D eigenvalue weighted by atomic mass is 9.76. The van der Waals surface area contributed by atoms with Gasteiger partial charge in [-0.3, -0.25) is 4.79 Å². The third kappa shape index (κ3) is 3.15. The van der Waals surface area contributed by atoms with E-state index in [-0.39, 0.29) is 16.7 Å². The number of hydrogen-bond acceptors (Lipinski definition) is 1. The van der Waals surface area contributed by atoms with E-state index in [4.69, 9.17) is 0 Å². The summed E-state index contributed by atoms with van der Waals surface area (Å²) in [6, 6.07) is 0. The molecule has 0 aromatic heterocycles. The minimum absolute atomic E-state index is 0.0549. The topological polar surface area (TPSA) is 20.3 Å². The lowest BCUT2D eigenvalue weighted by Gasteiger charge is -2.26. The third-order valence-corrected chi connectivity index (χ3v) is 3.59. The van der Waals surface area contributed by atoms with Gasteiger partial charge in [0.15, 0.2) is 0 Å². The maximum atomic E-state index is 12.6. The van der Waals surface area contributed by atoms with Gasteiger partial charge in [-0.1, -0.05) is 54.9 Å². The summed E-state index contributed by atoms with van der Waals surface area (Å²) in [7, 11) is 0. The van der Waals surface area contributed by atoms with E-state index in [0.717, 1.165) is 31.5 Å². The molecule has 1 rings (SSSR count). The summed E-state index contributed by atoms with van der Waals surface area (Å²) in [6.07, 6.45) is 2.24. The molecule has 0 saturated carbocycles. The number of carbonyl (C=O) groups is 1. The second-order valence-electron chi connectivity index (χ2n) is 7.43. The van der Waals surface area contributed by atoms with Crippen molar-refractivity contribution in [3.05, 3.63) is 11.1 Å². The fraction of sp³-hybridized carbons (Fsp3) is 0.812. The van der Waals surface area contributed by atoms with Crippen molar-refractivity contribution in [1.29, 1.82) is 0 Å². The molecule has 1 heterocycles. The average molecular weight is 251 g/mol. The number of rotatable bonds is 3. The fourth-order valence-corrected chi connectivity index (χ4v) is 2.54. The van der Waals surface area contributed by atoms with Crippen LogP contribution in [0.2, 0.25) is 0 Å². The van der Waals surface area contributed by atoms with Gasteiger partial charge in [0.05, 0.1) is 0 Å². The number of carbonyl (C=O) groups excluding carboxylic acids is 1. The van der Waals surface area contributed by atoms with Gasteiger partial charge in [-0.25, -0.2) is 0 Å². The first-order chi connectivity index (χ1) is 8.09. The van der Waals surface area contributed by atoms with Crippen molar-refractivity contribution in [1.82, 2.24) is 4.90 Å². The average Bonchev–Trinajstić information content (AvgIpc) is 2.51. The molecule has 1 aliphatic heterocycles. The van der Waals surface area contributed by atoms with E-state index in [1.54, 1.807) is 0 Å². The highest BCUT2D eigenvalue weighted by atomic mass is 16.2. The molecule has 0 atom stereocenters. The first kappa shape index (κ1) is 15.3. The molecule has 0 fully saturated rings. The maximum absolute atomic E-state index is 12.6. The van der Waals surface area contributed by atoms with Crippen molar-refractivity contribution in [3.8, 4) is 0 Å². The molecule has 2 heteroatoms. The Morgan fingerprint density at radius 2 is 1.61 bits per heavy atom. The number of unbranched alkanes of at least 4 members (excludes halogenated alkanes) is 1.